The molecule has 0 saturated carbocycles. The lowest BCUT2D eigenvalue weighted by molar-refractivity contribution is 0.558. The molecule has 0 fully saturated rings. The maximum absolute atomic E-state index is 14.1. The minimum atomic E-state index is -0.230. The summed E-state index contributed by atoms with van der Waals surface area (Å²) < 4.78 is 14.1. The molecule has 0 aliphatic heterocycles. The highest BCUT2D eigenvalue weighted by Gasteiger charge is 2.21. The molecule has 1 N–H and O–H groups in total. The van der Waals surface area contributed by atoms with Gasteiger partial charge in [-0.3, -0.25) is 4.98 Å². The minimum Gasteiger partial charge on any atom is -0.306 e. The van der Waals surface area contributed by atoms with Crippen molar-refractivity contribution in [2.24, 2.45) is 0 Å². The number of rotatable bonds is 4. The zero-order chi connectivity index (χ0) is 14.7. The van der Waals surface area contributed by atoms with Gasteiger partial charge in [0.05, 0.1) is 12.2 Å². The molecular formula is C17H21FN2S. The van der Waals surface area contributed by atoms with E-state index < -0.39 is 0 Å². The number of pyridine rings is 1. The van der Waals surface area contributed by atoms with Crippen LogP contribution in [0, 0.1) is 5.82 Å². The molecule has 0 bridgehead atoms. The van der Waals surface area contributed by atoms with Crippen LogP contribution in [0.5, 0.6) is 0 Å². The molecule has 1 unspecified atom stereocenters. The Bertz CT molecular complexity index is 585. The molecule has 0 radical (unpaired) electrons. The molecule has 4 heteroatoms. The number of thiophene rings is 1. The molecule has 2 heterocycles. The monoisotopic (exact) mass is 304 g/mol. The molecule has 2 aromatic heterocycles. The summed E-state index contributed by atoms with van der Waals surface area (Å²) in [5, 5.41) is 3.42. The summed E-state index contributed by atoms with van der Waals surface area (Å²) in [5.74, 6) is -0.230. The van der Waals surface area contributed by atoms with Crippen molar-refractivity contribution >= 4 is 11.3 Å². The first-order valence-corrected chi connectivity index (χ1v) is 8.55. The van der Waals surface area contributed by atoms with Gasteiger partial charge in [-0.05, 0) is 49.9 Å². The molecule has 0 spiro atoms. The van der Waals surface area contributed by atoms with E-state index in [1.807, 2.05) is 11.3 Å². The summed E-state index contributed by atoms with van der Waals surface area (Å²) in [7, 11) is 0. The number of aromatic nitrogens is 1. The molecule has 3 rings (SSSR count). The fourth-order valence-electron chi connectivity index (χ4n) is 3.02. The number of nitrogens with one attached hydrogen (secondary N) is 1. The van der Waals surface area contributed by atoms with Gasteiger partial charge in [0, 0.05) is 21.5 Å². The predicted octanol–water partition coefficient (Wildman–Crippen LogP) is 4.25. The summed E-state index contributed by atoms with van der Waals surface area (Å²) in [6.07, 6.45) is 9.20. The van der Waals surface area contributed by atoms with Gasteiger partial charge in [-0.1, -0.05) is 13.3 Å². The third-order valence-electron chi connectivity index (χ3n) is 4.07. The number of hydrogen-bond acceptors (Lipinski definition) is 3. The van der Waals surface area contributed by atoms with Crippen LogP contribution in [0.3, 0.4) is 0 Å². The molecule has 2 nitrogen and oxygen atoms in total. The van der Waals surface area contributed by atoms with E-state index >= 15 is 0 Å². The van der Waals surface area contributed by atoms with Crippen LogP contribution >= 0.6 is 11.3 Å². The van der Waals surface area contributed by atoms with E-state index in [0.29, 0.717) is 5.56 Å². The molecule has 1 atom stereocenters. The highest BCUT2D eigenvalue weighted by molar-refractivity contribution is 7.12. The smallest absolute Gasteiger partial charge is 0.146 e. The van der Waals surface area contributed by atoms with Crippen molar-refractivity contribution in [3.05, 3.63) is 51.2 Å². The van der Waals surface area contributed by atoms with Gasteiger partial charge in [0.25, 0.3) is 0 Å². The normalized spacial score (nSPS) is 16.3. The zero-order valence-corrected chi connectivity index (χ0v) is 13.2. The fraction of sp³-hybridized carbons (Fsp3) is 0.471. The lowest BCUT2D eigenvalue weighted by Crippen LogP contribution is -2.22. The number of hydrogen-bond donors (Lipinski definition) is 1. The van der Waals surface area contributed by atoms with Gasteiger partial charge < -0.3 is 5.32 Å². The van der Waals surface area contributed by atoms with E-state index in [0.717, 1.165) is 6.54 Å². The zero-order valence-electron chi connectivity index (χ0n) is 12.4. The van der Waals surface area contributed by atoms with E-state index in [9.17, 15) is 4.39 Å². The second-order valence-electron chi connectivity index (χ2n) is 5.55. The standard InChI is InChI=1S/C17H21FN2S/c1-2-20-17(13-8-9-19-11-14(13)18)16-10-12-6-4-3-5-7-15(12)21-16/h8-11,17,20H,2-7H2,1H3. The van der Waals surface area contributed by atoms with Crippen LogP contribution in [0.2, 0.25) is 0 Å². The lowest BCUT2D eigenvalue weighted by atomic mass is 10.0. The van der Waals surface area contributed by atoms with Crippen LogP contribution in [0.4, 0.5) is 4.39 Å². The highest BCUT2D eigenvalue weighted by atomic mass is 32.1. The molecule has 21 heavy (non-hydrogen) atoms. The number of halogens is 1. The molecule has 0 aromatic carbocycles. The van der Waals surface area contributed by atoms with Gasteiger partial charge in [-0.25, -0.2) is 4.39 Å². The van der Waals surface area contributed by atoms with E-state index in [2.05, 4.69) is 23.3 Å². The second-order valence-corrected chi connectivity index (χ2v) is 6.71. The molecule has 1 aliphatic rings. The summed E-state index contributed by atoms with van der Waals surface area (Å²) >= 11 is 1.85. The third kappa shape index (κ3) is 3.16. The number of aryl methyl sites for hydroxylation is 2. The summed E-state index contributed by atoms with van der Waals surface area (Å²) in [5.41, 5.74) is 2.17. The van der Waals surface area contributed by atoms with Gasteiger partial charge in [0.1, 0.15) is 5.82 Å². The van der Waals surface area contributed by atoms with Gasteiger partial charge >= 0.3 is 0 Å². The largest absolute Gasteiger partial charge is 0.306 e. The Hall–Kier alpha value is -1.26. The first-order chi connectivity index (χ1) is 10.3. The van der Waals surface area contributed by atoms with Gasteiger partial charge in [0.15, 0.2) is 0 Å². The van der Waals surface area contributed by atoms with Crippen molar-refractivity contribution in [3.8, 4) is 0 Å². The number of nitrogens with zero attached hydrogens (tertiary/aromatic N) is 1. The quantitative estimate of drug-likeness (QED) is 0.854. The molecule has 2 aromatic rings. The van der Waals surface area contributed by atoms with Crippen LogP contribution in [0.15, 0.2) is 24.5 Å². The number of fused-ring (bicyclic) bond motifs is 1. The van der Waals surface area contributed by atoms with Crippen molar-refractivity contribution in [2.75, 3.05) is 6.54 Å². The van der Waals surface area contributed by atoms with Crippen LogP contribution in [0.25, 0.3) is 0 Å². The fourth-order valence-corrected chi connectivity index (χ4v) is 4.37. The van der Waals surface area contributed by atoms with Crippen LogP contribution in [0.1, 0.15) is 53.1 Å². The van der Waals surface area contributed by atoms with E-state index in [1.165, 1.54) is 53.6 Å². The van der Waals surface area contributed by atoms with Crippen LogP contribution in [-0.2, 0) is 12.8 Å². The lowest BCUT2D eigenvalue weighted by Gasteiger charge is -2.17. The average Bonchev–Trinajstić information content (AvgIpc) is 2.76. The molecule has 112 valence electrons. The van der Waals surface area contributed by atoms with Crippen molar-refractivity contribution in [1.29, 1.82) is 0 Å². The van der Waals surface area contributed by atoms with E-state index in [-0.39, 0.29) is 11.9 Å². The SMILES string of the molecule is CCNC(c1cc2c(s1)CCCCC2)c1ccncc1F. The van der Waals surface area contributed by atoms with Gasteiger partial charge in [-0.15, -0.1) is 11.3 Å². The maximum Gasteiger partial charge on any atom is 0.146 e. The first-order valence-electron chi connectivity index (χ1n) is 7.74. The minimum absolute atomic E-state index is 0.0603. The third-order valence-corrected chi connectivity index (χ3v) is 5.38. The van der Waals surface area contributed by atoms with Crippen molar-refractivity contribution in [3.63, 3.8) is 0 Å². The Balaban J connectivity index is 1.96. The molecule has 0 amide bonds. The van der Waals surface area contributed by atoms with Crippen molar-refractivity contribution in [1.82, 2.24) is 10.3 Å². The predicted molar refractivity (Wildman–Crippen MR) is 85.3 cm³/mol. The van der Waals surface area contributed by atoms with E-state index in [1.54, 1.807) is 12.3 Å². The highest BCUT2D eigenvalue weighted by Crippen LogP contribution is 2.35. The summed E-state index contributed by atoms with van der Waals surface area (Å²) in [6, 6.07) is 4.02. The average molecular weight is 304 g/mol. The van der Waals surface area contributed by atoms with E-state index in [4.69, 9.17) is 0 Å². The molecular weight excluding hydrogens is 283 g/mol. The molecule has 0 saturated heterocycles. The Morgan fingerprint density at radius 2 is 2.19 bits per heavy atom. The van der Waals surface area contributed by atoms with Crippen LogP contribution in [-0.4, -0.2) is 11.5 Å². The Morgan fingerprint density at radius 1 is 1.33 bits per heavy atom. The Kier molecular flexibility index (Phi) is 4.66. The summed E-state index contributed by atoms with van der Waals surface area (Å²) in [4.78, 5) is 6.59. The summed E-state index contributed by atoms with van der Waals surface area (Å²) in [6.45, 7) is 2.87. The Labute approximate surface area is 129 Å². The van der Waals surface area contributed by atoms with Crippen molar-refractivity contribution in [2.45, 2.75) is 45.1 Å². The maximum atomic E-state index is 14.1. The van der Waals surface area contributed by atoms with Gasteiger partial charge in [-0.2, -0.15) is 0 Å². The first kappa shape index (κ1) is 14.7. The second kappa shape index (κ2) is 6.67. The van der Waals surface area contributed by atoms with Crippen LogP contribution < -0.4 is 5.32 Å². The van der Waals surface area contributed by atoms with Gasteiger partial charge in [0.2, 0.25) is 0 Å². The van der Waals surface area contributed by atoms with Crippen molar-refractivity contribution < 1.29 is 4.39 Å². The molecule has 1 aliphatic carbocycles. The Morgan fingerprint density at radius 3 is 3.00 bits per heavy atom. The topological polar surface area (TPSA) is 24.9 Å².